The summed E-state index contributed by atoms with van der Waals surface area (Å²) in [6, 6.07) is 21.5. The van der Waals surface area contributed by atoms with Crippen molar-refractivity contribution in [3.05, 3.63) is 105 Å². The molecule has 0 unspecified atom stereocenters. The molecule has 0 radical (unpaired) electrons. The molecule has 0 atom stereocenters. The molecule has 1 fully saturated rings. The van der Waals surface area contributed by atoms with Crippen LogP contribution in [0.2, 0.25) is 5.02 Å². The number of rotatable bonds is 6. The summed E-state index contributed by atoms with van der Waals surface area (Å²) < 4.78 is 20.2. The van der Waals surface area contributed by atoms with Crippen LogP contribution in [-0.4, -0.2) is 15.1 Å². The maximum atomic E-state index is 13.9. The lowest BCUT2D eigenvalue weighted by Crippen LogP contribution is -2.27. The largest absolute Gasteiger partial charge is 0.489 e. The quantitative estimate of drug-likeness (QED) is 0.306. The minimum absolute atomic E-state index is 0.00809. The van der Waals surface area contributed by atoms with Gasteiger partial charge in [0.2, 0.25) is 0 Å². The molecular formula is C24H17ClFNO2S2. The lowest BCUT2D eigenvalue weighted by molar-refractivity contribution is -0.122. The molecule has 0 N–H and O–H groups in total. The number of amides is 1. The van der Waals surface area contributed by atoms with Gasteiger partial charge in [-0.3, -0.25) is 9.69 Å². The molecule has 3 nitrogen and oxygen atoms in total. The van der Waals surface area contributed by atoms with Gasteiger partial charge in [-0.25, -0.2) is 4.39 Å². The molecule has 1 amide bonds. The number of thiocarbonyl (C=S) groups is 1. The lowest BCUT2D eigenvalue weighted by Gasteiger charge is -2.14. The van der Waals surface area contributed by atoms with Gasteiger partial charge in [-0.05, 0) is 41.5 Å². The van der Waals surface area contributed by atoms with Crippen LogP contribution < -0.4 is 4.74 Å². The fourth-order valence-electron chi connectivity index (χ4n) is 3.07. The summed E-state index contributed by atoms with van der Waals surface area (Å²) in [5.74, 6) is 0.0156. The molecule has 1 aliphatic rings. The monoisotopic (exact) mass is 469 g/mol. The molecule has 0 spiro atoms. The van der Waals surface area contributed by atoms with E-state index in [1.807, 2.05) is 42.5 Å². The zero-order chi connectivity index (χ0) is 21.8. The van der Waals surface area contributed by atoms with Gasteiger partial charge in [0.25, 0.3) is 5.91 Å². The van der Waals surface area contributed by atoms with E-state index in [0.717, 1.165) is 11.1 Å². The van der Waals surface area contributed by atoms with Crippen LogP contribution in [0.4, 0.5) is 4.39 Å². The number of nitrogens with zero attached hydrogens (tertiary/aromatic N) is 1. The molecule has 0 bridgehead atoms. The van der Waals surface area contributed by atoms with Gasteiger partial charge in [0.05, 0.1) is 16.5 Å². The third kappa shape index (κ3) is 5.15. The van der Waals surface area contributed by atoms with E-state index < -0.39 is 5.82 Å². The van der Waals surface area contributed by atoms with Crippen molar-refractivity contribution in [2.75, 3.05) is 0 Å². The molecule has 31 heavy (non-hydrogen) atoms. The minimum atomic E-state index is -0.411. The highest BCUT2D eigenvalue weighted by Gasteiger charge is 2.31. The molecule has 0 saturated carbocycles. The predicted octanol–water partition coefficient (Wildman–Crippen LogP) is 6.46. The van der Waals surface area contributed by atoms with Crippen LogP contribution in [0, 0.1) is 5.82 Å². The first kappa shape index (κ1) is 21.6. The maximum absolute atomic E-state index is 13.9. The van der Waals surface area contributed by atoms with Gasteiger partial charge in [-0.2, -0.15) is 0 Å². The van der Waals surface area contributed by atoms with Gasteiger partial charge in [0.1, 0.15) is 22.5 Å². The summed E-state index contributed by atoms with van der Waals surface area (Å²) in [7, 11) is 0. The second-order valence-electron chi connectivity index (χ2n) is 6.81. The van der Waals surface area contributed by atoms with Crippen molar-refractivity contribution in [2.24, 2.45) is 0 Å². The maximum Gasteiger partial charge on any atom is 0.266 e. The zero-order valence-electron chi connectivity index (χ0n) is 16.3. The summed E-state index contributed by atoms with van der Waals surface area (Å²) in [4.78, 5) is 15.0. The molecule has 7 heteroatoms. The van der Waals surface area contributed by atoms with Gasteiger partial charge >= 0.3 is 0 Å². The second-order valence-corrected chi connectivity index (χ2v) is 8.90. The zero-order valence-corrected chi connectivity index (χ0v) is 18.6. The number of carbonyl (C=O) groups excluding carboxylic acids is 1. The van der Waals surface area contributed by atoms with Crippen molar-refractivity contribution in [1.82, 2.24) is 4.90 Å². The second kappa shape index (κ2) is 9.64. The molecule has 0 aliphatic carbocycles. The molecular weight excluding hydrogens is 453 g/mol. The van der Waals surface area contributed by atoms with Crippen LogP contribution in [0.1, 0.15) is 16.7 Å². The van der Waals surface area contributed by atoms with E-state index in [2.05, 4.69) is 0 Å². The predicted molar refractivity (Wildman–Crippen MR) is 127 cm³/mol. The topological polar surface area (TPSA) is 29.5 Å². The minimum Gasteiger partial charge on any atom is -0.489 e. The van der Waals surface area contributed by atoms with Gasteiger partial charge < -0.3 is 4.74 Å². The average Bonchev–Trinajstić information content (AvgIpc) is 3.02. The Bertz CT molecular complexity index is 1150. The number of benzene rings is 3. The van der Waals surface area contributed by atoms with Crippen molar-refractivity contribution >= 4 is 51.9 Å². The summed E-state index contributed by atoms with van der Waals surface area (Å²) >= 11 is 12.7. The van der Waals surface area contributed by atoms with Gasteiger partial charge in [0, 0.05) is 5.56 Å². The number of hydrogen-bond acceptors (Lipinski definition) is 4. The third-order valence-corrected chi connectivity index (χ3v) is 6.39. The van der Waals surface area contributed by atoms with E-state index in [0.29, 0.717) is 32.1 Å². The SMILES string of the molecule is O=C1C(=Cc2cccc(OCc3c(F)cccc3Cl)c2)SC(=S)N1Cc1ccccc1. The van der Waals surface area contributed by atoms with E-state index in [9.17, 15) is 9.18 Å². The molecule has 156 valence electrons. The Balaban J connectivity index is 1.48. The fourth-order valence-corrected chi connectivity index (χ4v) is 4.55. The molecule has 0 aromatic heterocycles. The summed E-state index contributed by atoms with van der Waals surface area (Å²) in [6.45, 7) is 0.448. The van der Waals surface area contributed by atoms with E-state index >= 15 is 0 Å². The molecule has 4 rings (SSSR count). The van der Waals surface area contributed by atoms with Crippen LogP contribution in [0.25, 0.3) is 6.08 Å². The number of carbonyl (C=O) groups is 1. The highest BCUT2D eigenvalue weighted by atomic mass is 35.5. The van der Waals surface area contributed by atoms with E-state index in [-0.39, 0.29) is 12.5 Å². The van der Waals surface area contributed by atoms with E-state index in [1.54, 1.807) is 35.2 Å². The van der Waals surface area contributed by atoms with Crippen LogP contribution in [-0.2, 0) is 17.9 Å². The number of hydrogen-bond donors (Lipinski definition) is 0. The normalized spacial score (nSPS) is 15.0. The highest BCUT2D eigenvalue weighted by Crippen LogP contribution is 2.34. The summed E-state index contributed by atoms with van der Waals surface area (Å²) in [5.41, 5.74) is 2.11. The van der Waals surface area contributed by atoms with Gasteiger partial charge in [-0.15, -0.1) is 0 Å². The molecule has 3 aromatic carbocycles. The van der Waals surface area contributed by atoms with E-state index in [1.165, 1.54) is 17.8 Å². The van der Waals surface area contributed by atoms with Crippen LogP contribution in [0.3, 0.4) is 0 Å². The Morgan fingerprint density at radius 3 is 2.61 bits per heavy atom. The number of ether oxygens (including phenoxy) is 1. The van der Waals surface area contributed by atoms with Crippen molar-refractivity contribution in [1.29, 1.82) is 0 Å². The standard InChI is InChI=1S/C24H17ClFNO2S2/c25-20-10-5-11-21(26)19(20)15-29-18-9-4-8-17(12-18)13-22-23(28)27(24(30)31-22)14-16-6-2-1-3-7-16/h1-13H,14-15H2. The first-order valence-electron chi connectivity index (χ1n) is 9.46. The first-order chi connectivity index (χ1) is 15.0. The number of thioether (sulfide) groups is 1. The van der Waals surface area contributed by atoms with Crippen molar-refractivity contribution in [2.45, 2.75) is 13.2 Å². The Hall–Kier alpha value is -2.67. The fraction of sp³-hybridized carbons (Fsp3) is 0.0833. The van der Waals surface area contributed by atoms with Crippen LogP contribution in [0.5, 0.6) is 5.75 Å². The van der Waals surface area contributed by atoms with Crippen molar-refractivity contribution < 1.29 is 13.9 Å². The Labute approximate surface area is 194 Å². The summed E-state index contributed by atoms with van der Waals surface area (Å²) in [6.07, 6.45) is 1.78. The Kier molecular flexibility index (Phi) is 6.70. The lowest BCUT2D eigenvalue weighted by atomic mass is 10.2. The summed E-state index contributed by atoms with van der Waals surface area (Å²) in [5, 5.41) is 0.318. The Morgan fingerprint density at radius 2 is 1.84 bits per heavy atom. The smallest absolute Gasteiger partial charge is 0.266 e. The first-order valence-corrected chi connectivity index (χ1v) is 11.1. The number of halogens is 2. The molecule has 1 aliphatic heterocycles. The van der Waals surface area contributed by atoms with Crippen molar-refractivity contribution in [3.8, 4) is 5.75 Å². The van der Waals surface area contributed by atoms with Gasteiger partial charge in [0.15, 0.2) is 0 Å². The molecule has 1 heterocycles. The van der Waals surface area contributed by atoms with E-state index in [4.69, 9.17) is 28.6 Å². The van der Waals surface area contributed by atoms with Gasteiger partial charge in [-0.1, -0.05) is 84.1 Å². The van der Waals surface area contributed by atoms with Crippen LogP contribution in [0.15, 0.2) is 77.7 Å². The average molecular weight is 470 g/mol. The molecule has 3 aromatic rings. The highest BCUT2D eigenvalue weighted by molar-refractivity contribution is 8.26. The van der Waals surface area contributed by atoms with Crippen molar-refractivity contribution in [3.63, 3.8) is 0 Å². The third-order valence-electron chi connectivity index (χ3n) is 4.66. The van der Waals surface area contributed by atoms with Crippen LogP contribution >= 0.6 is 35.6 Å². The Morgan fingerprint density at radius 1 is 1.06 bits per heavy atom. The molecule has 1 saturated heterocycles.